The zero-order valence-corrected chi connectivity index (χ0v) is 11.8. The van der Waals surface area contributed by atoms with Crippen LogP contribution in [0.5, 0.6) is 0 Å². The molecule has 1 N–H and O–H groups in total. The van der Waals surface area contributed by atoms with E-state index in [2.05, 4.69) is 30.8 Å². The monoisotopic (exact) mass is 256 g/mol. The lowest BCUT2D eigenvalue weighted by Crippen LogP contribution is -2.25. The molecule has 2 aromatic rings. The van der Waals surface area contributed by atoms with Gasteiger partial charge in [-0.3, -0.25) is 4.79 Å². The summed E-state index contributed by atoms with van der Waals surface area (Å²) in [5.74, 6) is 0.767. The van der Waals surface area contributed by atoms with Crippen LogP contribution in [0, 0.1) is 19.8 Å². The molecule has 0 spiro atoms. The number of hydrogen-bond acceptors (Lipinski definition) is 1. The zero-order valence-electron chi connectivity index (χ0n) is 11.8. The van der Waals surface area contributed by atoms with Crippen molar-refractivity contribution in [2.45, 2.75) is 26.7 Å². The SMILES string of the molecule is Cc1c(C)n(C)c2ccc(C(=O)NCC3CC3)cc12. The van der Waals surface area contributed by atoms with Crippen LogP contribution in [-0.2, 0) is 7.05 Å². The second kappa shape index (κ2) is 4.41. The third kappa shape index (κ3) is 2.14. The minimum atomic E-state index is 0.0507. The summed E-state index contributed by atoms with van der Waals surface area (Å²) in [5, 5.41) is 4.20. The summed E-state index contributed by atoms with van der Waals surface area (Å²) < 4.78 is 2.18. The largest absolute Gasteiger partial charge is 0.352 e. The van der Waals surface area contributed by atoms with E-state index >= 15 is 0 Å². The molecule has 0 aliphatic heterocycles. The van der Waals surface area contributed by atoms with E-state index < -0.39 is 0 Å². The molecule has 0 unspecified atom stereocenters. The third-order valence-electron chi connectivity index (χ3n) is 4.32. The molecular formula is C16H20N2O. The summed E-state index contributed by atoms with van der Waals surface area (Å²) in [4.78, 5) is 12.1. The molecule has 100 valence electrons. The first-order chi connectivity index (χ1) is 9.08. The minimum absolute atomic E-state index is 0.0507. The van der Waals surface area contributed by atoms with Crippen LogP contribution in [0.2, 0.25) is 0 Å². The highest BCUT2D eigenvalue weighted by Gasteiger charge is 2.22. The number of rotatable bonds is 3. The molecule has 1 heterocycles. The minimum Gasteiger partial charge on any atom is -0.352 e. The normalized spacial score (nSPS) is 14.9. The fraction of sp³-hybridized carbons (Fsp3) is 0.438. The van der Waals surface area contributed by atoms with Crippen molar-refractivity contribution >= 4 is 16.8 Å². The fourth-order valence-corrected chi connectivity index (χ4v) is 2.56. The first-order valence-corrected chi connectivity index (χ1v) is 6.91. The number of aromatic nitrogens is 1. The van der Waals surface area contributed by atoms with Crippen LogP contribution < -0.4 is 5.32 Å². The van der Waals surface area contributed by atoms with E-state index in [1.54, 1.807) is 0 Å². The van der Waals surface area contributed by atoms with E-state index in [4.69, 9.17) is 0 Å². The number of nitrogens with one attached hydrogen (secondary N) is 1. The van der Waals surface area contributed by atoms with Crippen molar-refractivity contribution in [2.75, 3.05) is 6.54 Å². The maximum Gasteiger partial charge on any atom is 0.251 e. The molecule has 0 atom stereocenters. The van der Waals surface area contributed by atoms with Gasteiger partial charge in [0.2, 0.25) is 0 Å². The Balaban J connectivity index is 1.91. The van der Waals surface area contributed by atoms with Gasteiger partial charge in [-0.15, -0.1) is 0 Å². The number of nitrogens with zero attached hydrogens (tertiary/aromatic N) is 1. The van der Waals surface area contributed by atoms with Crippen LogP contribution >= 0.6 is 0 Å². The first kappa shape index (κ1) is 12.3. The molecule has 1 aromatic heterocycles. The summed E-state index contributed by atoms with van der Waals surface area (Å²) in [6.07, 6.45) is 2.52. The second-order valence-electron chi connectivity index (χ2n) is 5.65. The van der Waals surface area contributed by atoms with Crippen LogP contribution in [0.4, 0.5) is 0 Å². The Morgan fingerprint density at radius 2 is 2.11 bits per heavy atom. The van der Waals surface area contributed by atoms with Gasteiger partial charge in [0.1, 0.15) is 0 Å². The van der Waals surface area contributed by atoms with E-state index in [0.29, 0.717) is 5.92 Å². The lowest BCUT2D eigenvalue weighted by molar-refractivity contribution is 0.0952. The Kier molecular flexibility index (Phi) is 2.85. The highest BCUT2D eigenvalue weighted by molar-refractivity contribution is 5.99. The molecule has 3 rings (SSSR count). The van der Waals surface area contributed by atoms with Crippen LogP contribution in [0.15, 0.2) is 18.2 Å². The van der Waals surface area contributed by atoms with Gasteiger partial charge >= 0.3 is 0 Å². The molecule has 3 heteroatoms. The van der Waals surface area contributed by atoms with Crippen molar-refractivity contribution in [1.29, 1.82) is 0 Å². The number of carbonyl (C=O) groups is 1. The van der Waals surface area contributed by atoms with Crippen LogP contribution in [0.25, 0.3) is 10.9 Å². The molecule has 0 bridgehead atoms. The van der Waals surface area contributed by atoms with E-state index in [9.17, 15) is 4.79 Å². The van der Waals surface area contributed by atoms with Gasteiger partial charge in [-0.2, -0.15) is 0 Å². The van der Waals surface area contributed by atoms with E-state index in [-0.39, 0.29) is 5.91 Å². The Morgan fingerprint density at radius 3 is 2.79 bits per heavy atom. The van der Waals surface area contributed by atoms with Crippen molar-refractivity contribution in [2.24, 2.45) is 13.0 Å². The highest BCUT2D eigenvalue weighted by Crippen LogP contribution is 2.28. The molecule has 1 fully saturated rings. The van der Waals surface area contributed by atoms with Crippen molar-refractivity contribution in [3.8, 4) is 0 Å². The maximum absolute atomic E-state index is 12.1. The van der Waals surface area contributed by atoms with Gasteiger partial charge in [0, 0.05) is 35.8 Å². The molecule has 19 heavy (non-hydrogen) atoms. The van der Waals surface area contributed by atoms with Crippen molar-refractivity contribution in [1.82, 2.24) is 9.88 Å². The van der Waals surface area contributed by atoms with Gasteiger partial charge in [0.25, 0.3) is 5.91 Å². The van der Waals surface area contributed by atoms with E-state index in [1.807, 2.05) is 18.2 Å². The first-order valence-electron chi connectivity index (χ1n) is 6.91. The van der Waals surface area contributed by atoms with Crippen LogP contribution in [0.3, 0.4) is 0 Å². The molecule has 1 aliphatic carbocycles. The van der Waals surface area contributed by atoms with Crippen molar-refractivity contribution < 1.29 is 4.79 Å². The topological polar surface area (TPSA) is 34.0 Å². The summed E-state index contributed by atoms with van der Waals surface area (Å²) in [6, 6.07) is 5.98. The van der Waals surface area contributed by atoms with Gasteiger partial charge in [0.15, 0.2) is 0 Å². The molecule has 0 radical (unpaired) electrons. The Labute approximate surface area is 113 Å². The standard InChI is InChI=1S/C16H20N2O/c1-10-11(2)18(3)15-7-6-13(8-14(10)15)16(19)17-9-12-4-5-12/h6-8,12H,4-5,9H2,1-3H3,(H,17,19). The molecule has 1 aromatic carbocycles. The average molecular weight is 256 g/mol. The van der Waals surface area contributed by atoms with Gasteiger partial charge in [-0.1, -0.05) is 0 Å². The summed E-state index contributed by atoms with van der Waals surface area (Å²) >= 11 is 0. The summed E-state index contributed by atoms with van der Waals surface area (Å²) in [6.45, 7) is 5.05. The molecule has 1 saturated carbocycles. The molecule has 0 saturated heterocycles. The fourth-order valence-electron chi connectivity index (χ4n) is 2.56. The second-order valence-corrected chi connectivity index (χ2v) is 5.65. The number of hydrogen-bond donors (Lipinski definition) is 1. The van der Waals surface area contributed by atoms with E-state index in [0.717, 1.165) is 12.1 Å². The van der Waals surface area contributed by atoms with Crippen molar-refractivity contribution in [3.63, 3.8) is 0 Å². The zero-order chi connectivity index (χ0) is 13.6. The van der Waals surface area contributed by atoms with Gasteiger partial charge in [-0.25, -0.2) is 0 Å². The number of fused-ring (bicyclic) bond motifs is 1. The lowest BCUT2D eigenvalue weighted by atomic mass is 10.1. The van der Waals surface area contributed by atoms with E-state index in [1.165, 1.54) is 35.0 Å². The number of carbonyl (C=O) groups excluding carboxylic acids is 1. The Hall–Kier alpha value is -1.77. The lowest BCUT2D eigenvalue weighted by Gasteiger charge is -2.05. The van der Waals surface area contributed by atoms with Gasteiger partial charge in [-0.05, 0) is 56.4 Å². The van der Waals surface area contributed by atoms with Crippen LogP contribution in [-0.4, -0.2) is 17.0 Å². The molecule has 1 amide bonds. The Bertz CT molecular complexity index is 650. The third-order valence-corrected chi connectivity index (χ3v) is 4.32. The average Bonchev–Trinajstić information content (AvgIpc) is 3.22. The summed E-state index contributed by atoms with van der Waals surface area (Å²) in [5.41, 5.74) is 4.47. The number of benzene rings is 1. The van der Waals surface area contributed by atoms with Gasteiger partial charge in [0.05, 0.1) is 0 Å². The predicted octanol–water partition coefficient (Wildman–Crippen LogP) is 2.93. The number of amides is 1. The van der Waals surface area contributed by atoms with Gasteiger partial charge < -0.3 is 9.88 Å². The van der Waals surface area contributed by atoms with Crippen molar-refractivity contribution in [3.05, 3.63) is 35.0 Å². The molecule has 3 nitrogen and oxygen atoms in total. The molecule has 1 aliphatic rings. The predicted molar refractivity (Wildman–Crippen MR) is 77.5 cm³/mol. The Morgan fingerprint density at radius 1 is 1.37 bits per heavy atom. The molecular weight excluding hydrogens is 236 g/mol. The highest BCUT2D eigenvalue weighted by atomic mass is 16.1. The number of aryl methyl sites for hydroxylation is 2. The summed E-state index contributed by atoms with van der Waals surface area (Å²) in [7, 11) is 2.07. The van der Waals surface area contributed by atoms with Crippen LogP contribution in [0.1, 0.15) is 34.5 Å². The quantitative estimate of drug-likeness (QED) is 0.900. The smallest absolute Gasteiger partial charge is 0.251 e. The maximum atomic E-state index is 12.1.